The average Bonchev–Trinajstić information content (AvgIpc) is 2.27. The van der Waals surface area contributed by atoms with Gasteiger partial charge in [-0.05, 0) is 25.5 Å². The van der Waals surface area contributed by atoms with E-state index in [-0.39, 0.29) is 10.5 Å². The van der Waals surface area contributed by atoms with E-state index in [2.05, 4.69) is 0 Å². The molecule has 102 valence electrons. The molecule has 0 saturated heterocycles. The van der Waals surface area contributed by atoms with Crippen LogP contribution in [0.4, 0.5) is 0 Å². The van der Waals surface area contributed by atoms with Gasteiger partial charge in [0, 0.05) is 11.6 Å². The minimum absolute atomic E-state index is 0.0218. The Bertz CT molecular complexity index is 646. The van der Waals surface area contributed by atoms with Crippen molar-refractivity contribution in [2.24, 2.45) is 0 Å². The second kappa shape index (κ2) is 5.66. The molecule has 1 amide bonds. The molecule has 19 heavy (non-hydrogen) atoms. The van der Waals surface area contributed by atoms with Gasteiger partial charge in [-0.3, -0.25) is 4.79 Å². The first-order valence-electron chi connectivity index (χ1n) is 5.28. The average molecular weight is 283 g/mol. The van der Waals surface area contributed by atoms with E-state index >= 15 is 0 Å². The van der Waals surface area contributed by atoms with Crippen LogP contribution in [0.2, 0.25) is 0 Å². The molecule has 0 saturated carbocycles. The third kappa shape index (κ3) is 3.92. The van der Waals surface area contributed by atoms with Crippen LogP contribution in [0, 0.1) is 6.92 Å². The van der Waals surface area contributed by atoms with Crippen molar-refractivity contribution in [3.05, 3.63) is 41.5 Å². The highest BCUT2D eigenvalue weighted by Gasteiger charge is 2.20. The SMILES string of the molecule is C/C(=C\C(=O)O)C(=O)NS(=O)(=O)c1ccccc1C. The standard InChI is InChI=1S/C12H13NO5S/c1-8-5-3-4-6-10(8)19(17,18)13-12(16)9(2)7-11(14)15/h3-7H,1-2H3,(H,13,16)(H,14,15)/b9-7+. The number of carboxylic acid groups (broad SMARTS) is 1. The third-order valence-electron chi connectivity index (χ3n) is 2.31. The predicted molar refractivity (Wildman–Crippen MR) is 67.9 cm³/mol. The molecular weight excluding hydrogens is 270 g/mol. The zero-order chi connectivity index (χ0) is 14.6. The number of hydrogen-bond acceptors (Lipinski definition) is 4. The topological polar surface area (TPSA) is 101 Å². The van der Waals surface area contributed by atoms with Gasteiger partial charge in [-0.2, -0.15) is 0 Å². The maximum absolute atomic E-state index is 11.9. The zero-order valence-electron chi connectivity index (χ0n) is 10.4. The Morgan fingerprint density at radius 2 is 1.84 bits per heavy atom. The molecule has 0 radical (unpaired) electrons. The molecule has 1 aromatic carbocycles. The van der Waals surface area contributed by atoms with Crippen molar-refractivity contribution in [3.63, 3.8) is 0 Å². The predicted octanol–water partition coefficient (Wildman–Crippen LogP) is 0.831. The summed E-state index contributed by atoms with van der Waals surface area (Å²) in [6.07, 6.45) is 0.642. The van der Waals surface area contributed by atoms with Gasteiger partial charge in [0.25, 0.3) is 15.9 Å². The molecule has 0 aliphatic heterocycles. The molecule has 0 atom stereocenters. The summed E-state index contributed by atoms with van der Waals surface area (Å²) in [5, 5.41) is 8.49. The number of amides is 1. The maximum Gasteiger partial charge on any atom is 0.328 e. The highest BCUT2D eigenvalue weighted by molar-refractivity contribution is 7.90. The van der Waals surface area contributed by atoms with Crippen LogP contribution in [-0.4, -0.2) is 25.4 Å². The first-order chi connectivity index (χ1) is 8.74. The van der Waals surface area contributed by atoms with Crippen LogP contribution >= 0.6 is 0 Å². The van der Waals surface area contributed by atoms with Gasteiger partial charge in [0.05, 0.1) is 4.90 Å². The van der Waals surface area contributed by atoms with Crippen molar-refractivity contribution in [2.75, 3.05) is 0 Å². The second-order valence-corrected chi connectivity index (χ2v) is 5.52. The number of sulfonamides is 1. The monoisotopic (exact) mass is 283 g/mol. The van der Waals surface area contributed by atoms with E-state index in [1.165, 1.54) is 19.1 Å². The number of aliphatic carboxylic acids is 1. The van der Waals surface area contributed by atoms with Crippen LogP contribution in [0.3, 0.4) is 0 Å². The first-order valence-corrected chi connectivity index (χ1v) is 6.76. The molecule has 1 aromatic rings. The molecule has 0 spiro atoms. The number of carboxylic acids is 1. The number of carbonyl (C=O) groups excluding carboxylic acids is 1. The van der Waals surface area contributed by atoms with E-state index in [1.54, 1.807) is 19.1 Å². The van der Waals surface area contributed by atoms with E-state index in [4.69, 9.17) is 5.11 Å². The smallest absolute Gasteiger partial charge is 0.328 e. The minimum atomic E-state index is -4.00. The van der Waals surface area contributed by atoms with Gasteiger partial charge in [0.15, 0.2) is 0 Å². The van der Waals surface area contributed by atoms with Crippen LogP contribution in [0.1, 0.15) is 12.5 Å². The van der Waals surface area contributed by atoms with Gasteiger partial charge in [-0.1, -0.05) is 18.2 Å². The van der Waals surface area contributed by atoms with Crippen LogP contribution in [0.15, 0.2) is 40.8 Å². The summed E-state index contributed by atoms with van der Waals surface area (Å²) in [4.78, 5) is 21.9. The molecule has 1 rings (SSSR count). The first kappa shape index (κ1) is 14.9. The van der Waals surface area contributed by atoms with E-state index in [9.17, 15) is 18.0 Å². The van der Waals surface area contributed by atoms with Crippen molar-refractivity contribution in [1.29, 1.82) is 0 Å². The highest BCUT2D eigenvalue weighted by Crippen LogP contribution is 2.14. The second-order valence-electron chi connectivity index (χ2n) is 3.87. The van der Waals surface area contributed by atoms with Crippen molar-refractivity contribution < 1.29 is 23.1 Å². The molecule has 0 bridgehead atoms. The molecule has 7 heteroatoms. The van der Waals surface area contributed by atoms with E-state index in [0.29, 0.717) is 11.6 Å². The molecule has 0 aliphatic rings. The molecule has 0 heterocycles. The molecule has 6 nitrogen and oxygen atoms in total. The summed E-state index contributed by atoms with van der Waals surface area (Å²) >= 11 is 0. The van der Waals surface area contributed by atoms with E-state index in [0.717, 1.165) is 0 Å². The fraction of sp³-hybridized carbons (Fsp3) is 0.167. The highest BCUT2D eigenvalue weighted by atomic mass is 32.2. The number of carbonyl (C=O) groups is 2. The molecule has 0 aliphatic carbocycles. The van der Waals surface area contributed by atoms with Crippen LogP contribution in [0.5, 0.6) is 0 Å². The van der Waals surface area contributed by atoms with Gasteiger partial charge in [-0.25, -0.2) is 17.9 Å². The van der Waals surface area contributed by atoms with Crippen molar-refractivity contribution in [1.82, 2.24) is 4.72 Å². The Hall–Kier alpha value is -2.15. The van der Waals surface area contributed by atoms with E-state index in [1.807, 2.05) is 4.72 Å². The lowest BCUT2D eigenvalue weighted by Crippen LogP contribution is -2.31. The number of hydrogen-bond donors (Lipinski definition) is 2. The lowest BCUT2D eigenvalue weighted by Gasteiger charge is -2.08. The van der Waals surface area contributed by atoms with Crippen molar-refractivity contribution in [2.45, 2.75) is 18.7 Å². The third-order valence-corrected chi connectivity index (χ3v) is 3.80. The lowest BCUT2D eigenvalue weighted by atomic mass is 10.2. The summed E-state index contributed by atoms with van der Waals surface area (Å²) in [6.45, 7) is 2.82. The number of aryl methyl sites for hydroxylation is 1. The summed E-state index contributed by atoms with van der Waals surface area (Å²) in [7, 11) is -4.00. The summed E-state index contributed by atoms with van der Waals surface area (Å²) in [6, 6.07) is 6.16. The van der Waals surface area contributed by atoms with E-state index < -0.39 is 21.9 Å². The summed E-state index contributed by atoms with van der Waals surface area (Å²) in [5.41, 5.74) is 0.285. The van der Waals surface area contributed by atoms with Crippen molar-refractivity contribution >= 4 is 21.9 Å². The largest absolute Gasteiger partial charge is 0.478 e. The van der Waals surface area contributed by atoms with Crippen LogP contribution in [0.25, 0.3) is 0 Å². The van der Waals surface area contributed by atoms with Gasteiger partial charge >= 0.3 is 5.97 Å². The van der Waals surface area contributed by atoms with Gasteiger partial charge in [0.1, 0.15) is 0 Å². The number of nitrogens with one attached hydrogen (secondary N) is 1. The fourth-order valence-corrected chi connectivity index (χ4v) is 2.63. The molecule has 0 unspecified atom stereocenters. The Labute approximate surface area is 110 Å². The number of rotatable bonds is 4. The molecule has 2 N–H and O–H groups in total. The maximum atomic E-state index is 11.9. The van der Waals surface area contributed by atoms with Crippen LogP contribution < -0.4 is 4.72 Å². The van der Waals surface area contributed by atoms with Gasteiger partial charge in [0.2, 0.25) is 0 Å². The van der Waals surface area contributed by atoms with Gasteiger partial charge in [-0.15, -0.1) is 0 Å². The minimum Gasteiger partial charge on any atom is -0.478 e. The molecular formula is C12H13NO5S. The fourth-order valence-electron chi connectivity index (χ4n) is 1.37. The van der Waals surface area contributed by atoms with Crippen molar-refractivity contribution in [3.8, 4) is 0 Å². The Morgan fingerprint density at radius 1 is 1.26 bits per heavy atom. The summed E-state index contributed by atoms with van der Waals surface area (Å²) in [5.74, 6) is -2.29. The van der Waals surface area contributed by atoms with Gasteiger partial charge < -0.3 is 5.11 Å². The summed E-state index contributed by atoms with van der Waals surface area (Å²) < 4.78 is 25.7. The Morgan fingerprint density at radius 3 is 2.37 bits per heavy atom. The zero-order valence-corrected chi connectivity index (χ0v) is 11.2. The number of benzene rings is 1. The Balaban J connectivity index is 3.03. The Kier molecular flexibility index (Phi) is 4.44. The van der Waals surface area contributed by atoms with Crippen LogP contribution in [-0.2, 0) is 19.6 Å². The molecule has 0 aromatic heterocycles. The normalized spacial score (nSPS) is 12.0. The lowest BCUT2D eigenvalue weighted by molar-refractivity contribution is -0.131. The molecule has 0 fully saturated rings. The quantitative estimate of drug-likeness (QED) is 0.797.